The third kappa shape index (κ3) is 2.44. The first kappa shape index (κ1) is 17.3. The van der Waals surface area contributed by atoms with E-state index in [0.29, 0.717) is 18.3 Å². The Morgan fingerprint density at radius 3 is 2.68 bits per heavy atom. The van der Waals surface area contributed by atoms with Crippen molar-refractivity contribution in [2.24, 2.45) is 28.6 Å². The van der Waals surface area contributed by atoms with Gasteiger partial charge in [0, 0.05) is 18.3 Å². The van der Waals surface area contributed by atoms with Gasteiger partial charge >= 0.3 is 5.97 Å². The van der Waals surface area contributed by atoms with Gasteiger partial charge < -0.3 is 14.9 Å². The summed E-state index contributed by atoms with van der Waals surface area (Å²) in [6.45, 7) is 5.97. The van der Waals surface area contributed by atoms with Crippen LogP contribution in [0.5, 0.6) is 0 Å². The van der Waals surface area contributed by atoms with E-state index in [2.05, 4.69) is 26.0 Å². The molecule has 2 saturated carbocycles. The Labute approximate surface area is 149 Å². The smallest absolute Gasteiger partial charge is 0.303 e. The number of ether oxygens (including phenoxy) is 1. The van der Waals surface area contributed by atoms with Crippen molar-refractivity contribution < 1.29 is 19.7 Å². The van der Waals surface area contributed by atoms with Gasteiger partial charge in [0.1, 0.15) is 6.10 Å². The van der Waals surface area contributed by atoms with Crippen molar-refractivity contribution in [2.45, 2.75) is 71.2 Å². The molecule has 0 aromatic heterocycles. The van der Waals surface area contributed by atoms with Gasteiger partial charge in [0.25, 0.3) is 0 Å². The first-order valence-corrected chi connectivity index (χ1v) is 9.69. The second-order valence-electron chi connectivity index (χ2n) is 9.11. The van der Waals surface area contributed by atoms with Crippen LogP contribution in [0.15, 0.2) is 23.8 Å². The fraction of sp³-hybridized carbons (Fsp3) is 0.762. The number of rotatable bonds is 1. The average molecular weight is 346 g/mol. The van der Waals surface area contributed by atoms with Crippen LogP contribution >= 0.6 is 0 Å². The van der Waals surface area contributed by atoms with Gasteiger partial charge in [0.2, 0.25) is 0 Å². The lowest BCUT2D eigenvalue weighted by Gasteiger charge is -2.57. The minimum absolute atomic E-state index is 0.0703. The summed E-state index contributed by atoms with van der Waals surface area (Å²) in [6.07, 6.45) is 9.81. The van der Waals surface area contributed by atoms with Crippen LogP contribution in [0.3, 0.4) is 0 Å². The van der Waals surface area contributed by atoms with E-state index >= 15 is 0 Å². The summed E-state index contributed by atoms with van der Waals surface area (Å²) < 4.78 is 5.78. The number of aliphatic hydroxyl groups excluding tert-OH is 2. The summed E-state index contributed by atoms with van der Waals surface area (Å²) in [5, 5.41) is 20.7. The highest BCUT2D eigenvalue weighted by Crippen LogP contribution is 2.64. The zero-order chi connectivity index (χ0) is 18.0. The Balaban J connectivity index is 1.79. The first-order chi connectivity index (χ1) is 11.8. The number of carbonyl (C=O) groups excluding carboxylic acids is 1. The molecule has 4 aliphatic carbocycles. The van der Waals surface area contributed by atoms with Gasteiger partial charge in [-0.05, 0) is 55.4 Å². The van der Waals surface area contributed by atoms with Crippen LogP contribution in [0.4, 0.5) is 0 Å². The van der Waals surface area contributed by atoms with Gasteiger partial charge in [-0.15, -0.1) is 0 Å². The molecule has 0 radical (unpaired) electrons. The molecule has 0 bridgehead atoms. The Bertz CT molecular complexity index is 638. The lowest BCUT2D eigenvalue weighted by Crippen LogP contribution is -2.55. The predicted molar refractivity (Wildman–Crippen MR) is 94.6 cm³/mol. The topological polar surface area (TPSA) is 66.8 Å². The number of hydrogen-bond acceptors (Lipinski definition) is 4. The van der Waals surface area contributed by atoms with Gasteiger partial charge in [-0.3, -0.25) is 4.79 Å². The lowest BCUT2D eigenvalue weighted by atomic mass is 9.48. The van der Waals surface area contributed by atoms with E-state index in [1.54, 1.807) is 0 Å². The van der Waals surface area contributed by atoms with Crippen molar-refractivity contribution in [3.8, 4) is 0 Å². The van der Waals surface area contributed by atoms with Crippen LogP contribution in [0.25, 0.3) is 0 Å². The predicted octanol–water partition coefficient (Wildman–Crippen LogP) is 2.99. The van der Waals surface area contributed by atoms with Crippen LogP contribution in [-0.4, -0.2) is 34.5 Å². The molecule has 138 valence electrons. The number of hydrogen-bond donors (Lipinski definition) is 2. The van der Waals surface area contributed by atoms with E-state index in [9.17, 15) is 15.0 Å². The highest BCUT2D eigenvalue weighted by atomic mass is 16.5. The molecular formula is C21H30O4. The molecule has 8 atom stereocenters. The zero-order valence-electron chi connectivity index (χ0n) is 15.4. The van der Waals surface area contributed by atoms with Gasteiger partial charge in [-0.25, -0.2) is 0 Å². The Morgan fingerprint density at radius 1 is 1.20 bits per heavy atom. The van der Waals surface area contributed by atoms with E-state index in [0.717, 1.165) is 25.7 Å². The van der Waals surface area contributed by atoms with Gasteiger partial charge in [0.05, 0.1) is 12.2 Å². The van der Waals surface area contributed by atoms with Crippen molar-refractivity contribution in [1.82, 2.24) is 0 Å². The molecule has 25 heavy (non-hydrogen) atoms. The number of fused-ring (bicyclic) bond motifs is 5. The van der Waals surface area contributed by atoms with E-state index < -0.39 is 6.10 Å². The van der Waals surface area contributed by atoms with Crippen molar-refractivity contribution in [3.63, 3.8) is 0 Å². The lowest BCUT2D eigenvalue weighted by molar-refractivity contribution is -0.156. The maximum Gasteiger partial charge on any atom is 0.303 e. The largest absolute Gasteiger partial charge is 0.458 e. The fourth-order valence-electron chi connectivity index (χ4n) is 6.48. The Hall–Kier alpha value is -1.13. The average Bonchev–Trinajstić information content (AvgIpc) is 2.84. The van der Waals surface area contributed by atoms with Gasteiger partial charge in [-0.1, -0.05) is 31.6 Å². The minimum Gasteiger partial charge on any atom is -0.458 e. The summed E-state index contributed by atoms with van der Waals surface area (Å²) in [4.78, 5) is 11.8. The summed E-state index contributed by atoms with van der Waals surface area (Å²) in [7, 11) is 0. The molecule has 2 fully saturated rings. The van der Waals surface area contributed by atoms with Gasteiger partial charge in [-0.2, -0.15) is 0 Å². The highest BCUT2D eigenvalue weighted by Gasteiger charge is 2.60. The maximum absolute atomic E-state index is 11.8. The summed E-state index contributed by atoms with van der Waals surface area (Å²) >= 11 is 0. The van der Waals surface area contributed by atoms with Crippen LogP contribution in [0.1, 0.15) is 52.9 Å². The zero-order valence-corrected chi connectivity index (χ0v) is 15.4. The molecule has 0 heterocycles. The molecule has 0 spiro atoms. The monoisotopic (exact) mass is 346 g/mol. The molecule has 4 nitrogen and oxygen atoms in total. The van der Waals surface area contributed by atoms with E-state index in [1.165, 1.54) is 12.5 Å². The number of allylic oxidation sites excluding steroid dienone is 1. The molecule has 0 amide bonds. The van der Waals surface area contributed by atoms with Crippen molar-refractivity contribution >= 4 is 5.97 Å². The Kier molecular flexibility index (Phi) is 3.93. The fourth-order valence-corrected chi connectivity index (χ4v) is 6.48. The number of esters is 1. The standard InChI is InChI=1S/C21H30O4/c1-12(22)25-17-11-13-10-14(23)6-8-20(13,2)16-7-9-21(3)15(19(16)17)4-5-18(21)24/h6,8,11,14-19,23-24H,4-5,7,9-10H2,1-3H3/t14?,15-,16+,17?,18?,19-,20-,21-/m0/s1. The summed E-state index contributed by atoms with van der Waals surface area (Å²) in [5.41, 5.74) is 1.06. The quantitative estimate of drug-likeness (QED) is 0.566. The molecule has 0 aromatic carbocycles. The normalized spacial score (nSPS) is 51.2. The molecule has 4 rings (SSSR count). The van der Waals surface area contributed by atoms with Crippen molar-refractivity contribution in [1.29, 1.82) is 0 Å². The third-order valence-corrected chi connectivity index (χ3v) is 7.89. The Morgan fingerprint density at radius 2 is 1.96 bits per heavy atom. The molecule has 2 N–H and O–H groups in total. The van der Waals surface area contributed by atoms with Crippen molar-refractivity contribution in [3.05, 3.63) is 23.8 Å². The maximum atomic E-state index is 11.8. The molecular weight excluding hydrogens is 316 g/mol. The number of carbonyl (C=O) groups is 1. The molecule has 3 unspecified atom stereocenters. The summed E-state index contributed by atoms with van der Waals surface area (Å²) in [6, 6.07) is 0. The molecule has 4 heteroatoms. The SMILES string of the molecule is CC(=O)OC1C=C2CC(O)C=C[C@]2(C)[C@@H]2CC[C@]3(C)C(O)CC[C@H]3[C@H]12. The highest BCUT2D eigenvalue weighted by molar-refractivity contribution is 5.66. The second-order valence-corrected chi connectivity index (χ2v) is 9.11. The van der Waals surface area contributed by atoms with E-state index in [4.69, 9.17) is 4.74 Å². The second kappa shape index (κ2) is 5.68. The van der Waals surface area contributed by atoms with Crippen LogP contribution < -0.4 is 0 Å². The first-order valence-electron chi connectivity index (χ1n) is 9.69. The van der Waals surface area contributed by atoms with Crippen LogP contribution in [0, 0.1) is 28.6 Å². The van der Waals surface area contributed by atoms with Crippen LogP contribution in [-0.2, 0) is 9.53 Å². The molecule has 0 aliphatic heterocycles. The van der Waals surface area contributed by atoms with E-state index in [1.807, 2.05) is 6.08 Å². The summed E-state index contributed by atoms with van der Waals surface area (Å²) in [5.74, 6) is 0.764. The van der Waals surface area contributed by atoms with Crippen molar-refractivity contribution in [2.75, 3.05) is 0 Å². The minimum atomic E-state index is -0.448. The third-order valence-electron chi connectivity index (χ3n) is 7.89. The molecule has 4 aliphatic rings. The molecule has 0 saturated heterocycles. The van der Waals surface area contributed by atoms with Gasteiger partial charge in [0.15, 0.2) is 0 Å². The number of aliphatic hydroxyl groups is 2. The van der Waals surface area contributed by atoms with E-state index in [-0.39, 0.29) is 34.9 Å². The molecule has 0 aromatic rings. The van der Waals surface area contributed by atoms with Crippen LogP contribution in [0.2, 0.25) is 0 Å².